The van der Waals surface area contributed by atoms with Crippen LogP contribution in [-0.4, -0.2) is 52.3 Å². The quantitative estimate of drug-likeness (QED) is 0.792. The summed E-state index contributed by atoms with van der Waals surface area (Å²) in [6.45, 7) is 2.72. The first kappa shape index (κ1) is 17.0. The lowest BCUT2D eigenvalue weighted by molar-refractivity contribution is -0.135. The molecule has 1 aliphatic heterocycles. The van der Waals surface area contributed by atoms with Crippen LogP contribution in [0.2, 0.25) is 0 Å². The molecule has 0 aromatic heterocycles. The van der Waals surface area contributed by atoms with E-state index in [1.165, 1.54) is 6.42 Å². The van der Waals surface area contributed by atoms with E-state index >= 15 is 0 Å². The lowest BCUT2D eigenvalue weighted by Gasteiger charge is -2.30. The molecule has 0 aromatic carbocycles. The second-order valence-electron chi connectivity index (χ2n) is 6.47. The van der Waals surface area contributed by atoms with Crippen molar-refractivity contribution in [2.45, 2.75) is 70.6 Å². The molecule has 1 aliphatic carbocycles. The summed E-state index contributed by atoms with van der Waals surface area (Å²) in [5.41, 5.74) is 0. The molecule has 2 fully saturated rings. The van der Waals surface area contributed by atoms with Gasteiger partial charge < -0.3 is 10.0 Å². The molecule has 0 aromatic rings. The van der Waals surface area contributed by atoms with E-state index in [1.807, 2.05) is 6.92 Å². The van der Waals surface area contributed by atoms with Gasteiger partial charge in [-0.05, 0) is 25.7 Å². The molecule has 6 heteroatoms. The topological polar surface area (TPSA) is 60.9 Å². The van der Waals surface area contributed by atoms with Crippen molar-refractivity contribution in [1.82, 2.24) is 9.80 Å². The third-order valence-electron chi connectivity index (χ3n) is 4.87. The summed E-state index contributed by atoms with van der Waals surface area (Å²) in [4.78, 5) is 26.5. The van der Waals surface area contributed by atoms with Crippen LogP contribution in [0.1, 0.15) is 58.3 Å². The zero-order chi connectivity index (χ0) is 16.1. The van der Waals surface area contributed by atoms with E-state index in [2.05, 4.69) is 0 Å². The standard InChI is InChI=1S/C16H27FN2O3/c1-2-6-14(17)19(16(21)22)13-9-10-18(11-13)15(20)12-7-4-3-5-8-12/h12-14H,2-11H2,1H3,(H,21,22). The number of hydrogen-bond acceptors (Lipinski definition) is 2. The summed E-state index contributed by atoms with van der Waals surface area (Å²) in [6.07, 6.45) is 3.90. The van der Waals surface area contributed by atoms with Crippen LogP contribution in [0, 0.1) is 5.92 Å². The van der Waals surface area contributed by atoms with Gasteiger partial charge >= 0.3 is 6.09 Å². The van der Waals surface area contributed by atoms with Crippen LogP contribution < -0.4 is 0 Å². The SMILES string of the molecule is CCCC(F)N(C(=O)O)C1CCN(C(=O)C2CCCCC2)C1. The van der Waals surface area contributed by atoms with Crippen LogP contribution in [0.4, 0.5) is 9.18 Å². The number of carbonyl (C=O) groups is 2. The molecule has 1 N–H and O–H groups in total. The average molecular weight is 314 g/mol. The number of likely N-dealkylation sites (tertiary alicyclic amines) is 1. The fourth-order valence-electron chi connectivity index (χ4n) is 3.66. The number of amides is 2. The van der Waals surface area contributed by atoms with Gasteiger partial charge in [0, 0.05) is 19.0 Å². The molecule has 1 saturated carbocycles. The molecular formula is C16H27FN2O3. The summed E-state index contributed by atoms with van der Waals surface area (Å²) in [6, 6.07) is -0.411. The van der Waals surface area contributed by atoms with Crippen molar-refractivity contribution >= 4 is 12.0 Å². The van der Waals surface area contributed by atoms with Gasteiger partial charge in [0.15, 0.2) is 6.30 Å². The molecule has 22 heavy (non-hydrogen) atoms. The molecule has 5 nitrogen and oxygen atoms in total. The number of carboxylic acid groups (broad SMARTS) is 1. The van der Waals surface area contributed by atoms with E-state index < -0.39 is 18.4 Å². The number of nitrogens with zero attached hydrogens (tertiary/aromatic N) is 2. The van der Waals surface area contributed by atoms with E-state index in [0.717, 1.165) is 30.6 Å². The lowest BCUT2D eigenvalue weighted by atomic mass is 9.88. The molecule has 1 saturated heterocycles. The van der Waals surface area contributed by atoms with E-state index in [9.17, 15) is 19.1 Å². The normalized spacial score (nSPS) is 24.3. The molecular weight excluding hydrogens is 287 g/mol. The van der Waals surface area contributed by atoms with Crippen molar-refractivity contribution in [1.29, 1.82) is 0 Å². The van der Waals surface area contributed by atoms with Gasteiger partial charge in [-0.25, -0.2) is 9.18 Å². The second kappa shape index (κ2) is 7.79. The first-order valence-electron chi connectivity index (χ1n) is 8.48. The fraction of sp³-hybridized carbons (Fsp3) is 0.875. The molecule has 2 rings (SSSR count). The number of alkyl halides is 1. The Labute approximate surface area is 131 Å². The highest BCUT2D eigenvalue weighted by molar-refractivity contribution is 5.79. The summed E-state index contributed by atoms with van der Waals surface area (Å²) < 4.78 is 14.1. The summed E-state index contributed by atoms with van der Waals surface area (Å²) in [7, 11) is 0. The minimum atomic E-state index is -1.47. The Kier molecular flexibility index (Phi) is 6.03. The van der Waals surface area contributed by atoms with Crippen LogP contribution in [0.3, 0.4) is 0 Å². The van der Waals surface area contributed by atoms with Gasteiger partial charge in [-0.3, -0.25) is 9.69 Å². The smallest absolute Gasteiger partial charge is 0.409 e. The van der Waals surface area contributed by atoms with E-state index in [1.54, 1.807) is 4.90 Å². The predicted octanol–water partition coefficient (Wildman–Crippen LogP) is 3.24. The zero-order valence-corrected chi connectivity index (χ0v) is 13.3. The Balaban J connectivity index is 1.94. The fourth-order valence-corrected chi connectivity index (χ4v) is 3.66. The summed E-state index contributed by atoms with van der Waals surface area (Å²) in [5.74, 6) is 0.223. The molecule has 0 bridgehead atoms. The van der Waals surface area contributed by atoms with Gasteiger partial charge in [-0.2, -0.15) is 0 Å². The van der Waals surface area contributed by atoms with E-state index in [4.69, 9.17) is 0 Å². The molecule has 0 radical (unpaired) electrons. The van der Waals surface area contributed by atoms with Crippen molar-refractivity contribution in [2.24, 2.45) is 5.92 Å². The van der Waals surface area contributed by atoms with Gasteiger partial charge in [0.2, 0.25) is 5.91 Å². The number of carbonyl (C=O) groups excluding carboxylic acids is 1. The molecule has 126 valence electrons. The van der Waals surface area contributed by atoms with Crippen LogP contribution in [0.25, 0.3) is 0 Å². The Morgan fingerprint density at radius 1 is 1.27 bits per heavy atom. The van der Waals surface area contributed by atoms with Crippen molar-refractivity contribution < 1.29 is 19.1 Å². The van der Waals surface area contributed by atoms with E-state index in [0.29, 0.717) is 25.9 Å². The highest BCUT2D eigenvalue weighted by Crippen LogP contribution is 2.28. The Hall–Kier alpha value is -1.33. The van der Waals surface area contributed by atoms with E-state index in [-0.39, 0.29) is 18.2 Å². The first-order valence-corrected chi connectivity index (χ1v) is 8.48. The number of halogens is 1. The van der Waals surface area contributed by atoms with Crippen molar-refractivity contribution in [3.8, 4) is 0 Å². The van der Waals surface area contributed by atoms with Gasteiger partial charge in [-0.1, -0.05) is 32.6 Å². The molecule has 1 heterocycles. The third kappa shape index (κ3) is 3.90. The zero-order valence-electron chi connectivity index (χ0n) is 13.3. The van der Waals surface area contributed by atoms with Crippen molar-refractivity contribution in [2.75, 3.05) is 13.1 Å². The minimum absolute atomic E-state index is 0.0857. The lowest BCUT2D eigenvalue weighted by Crippen LogP contribution is -2.47. The first-order chi connectivity index (χ1) is 10.5. The van der Waals surface area contributed by atoms with Crippen molar-refractivity contribution in [3.63, 3.8) is 0 Å². The molecule has 2 atom stereocenters. The van der Waals surface area contributed by atoms with Crippen LogP contribution in [-0.2, 0) is 4.79 Å². The highest BCUT2D eigenvalue weighted by Gasteiger charge is 2.38. The highest BCUT2D eigenvalue weighted by atomic mass is 19.1. The number of rotatable bonds is 5. The Morgan fingerprint density at radius 3 is 2.55 bits per heavy atom. The van der Waals surface area contributed by atoms with Gasteiger partial charge in [0.05, 0.1) is 6.04 Å². The van der Waals surface area contributed by atoms with Crippen LogP contribution in [0.5, 0.6) is 0 Å². The monoisotopic (exact) mass is 314 g/mol. The minimum Gasteiger partial charge on any atom is -0.465 e. The largest absolute Gasteiger partial charge is 0.465 e. The number of hydrogen-bond donors (Lipinski definition) is 1. The van der Waals surface area contributed by atoms with Crippen molar-refractivity contribution in [3.05, 3.63) is 0 Å². The predicted molar refractivity (Wildman–Crippen MR) is 81.2 cm³/mol. The summed E-state index contributed by atoms with van der Waals surface area (Å²) in [5, 5.41) is 9.29. The van der Waals surface area contributed by atoms with Gasteiger partial charge in [0.25, 0.3) is 0 Å². The Morgan fingerprint density at radius 2 is 1.95 bits per heavy atom. The second-order valence-corrected chi connectivity index (χ2v) is 6.47. The van der Waals surface area contributed by atoms with Crippen LogP contribution in [0.15, 0.2) is 0 Å². The average Bonchev–Trinajstić information content (AvgIpc) is 2.97. The molecule has 2 aliphatic rings. The van der Waals surface area contributed by atoms with Gasteiger partial charge in [-0.15, -0.1) is 0 Å². The summed E-state index contributed by atoms with van der Waals surface area (Å²) >= 11 is 0. The molecule has 2 amide bonds. The Bertz CT molecular complexity index is 399. The third-order valence-corrected chi connectivity index (χ3v) is 4.87. The van der Waals surface area contributed by atoms with Gasteiger partial charge in [0.1, 0.15) is 0 Å². The maximum atomic E-state index is 14.1. The maximum absolute atomic E-state index is 14.1. The van der Waals surface area contributed by atoms with Crippen LogP contribution >= 0.6 is 0 Å². The maximum Gasteiger partial charge on any atom is 0.409 e. The molecule has 0 spiro atoms. The molecule has 2 unspecified atom stereocenters.